The van der Waals surface area contributed by atoms with Crippen molar-refractivity contribution in [1.82, 2.24) is 4.90 Å². The highest BCUT2D eigenvalue weighted by molar-refractivity contribution is 6.09. The molecule has 0 N–H and O–H groups in total. The van der Waals surface area contributed by atoms with Crippen LogP contribution in [0.2, 0.25) is 0 Å². The first kappa shape index (κ1) is 13.3. The third-order valence-electron chi connectivity index (χ3n) is 3.46. The molecule has 1 unspecified atom stereocenters. The summed E-state index contributed by atoms with van der Waals surface area (Å²) in [6, 6.07) is 10.8. The van der Waals surface area contributed by atoms with Gasteiger partial charge in [0.05, 0.1) is 0 Å². The zero-order valence-corrected chi connectivity index (χ0v) is 11.1. The SMILES string of the molecule is C=C(C#N)N=CC(=C)c1ccc(C2CCN2C)cc1. The second-order valence-corrected chi connectivity index (χ2v) is 4.75. The number of benzene rings is 1. The van der Waals surface area contributed by atoms with Crippen molar-refractivity contribution >= 4 is 11.8 Å². The lowest BCUT2D eigenvalue weighted by molar-refractivity contribution is 0.128. The Morgan fingerprint density at radius 3 is 2.58 bits per heavy atom. The summed E-state index contributed by atoms with van der Waals surface area (Å²) >= 11 is 0. The Kier molecular flexibility index (Phi) is 3.94. The third kappa shape index (κ3) is 2.98. The molecule has 0 radical (unpaired) electrons. The van der Waals surface area contributed by atoms with Gasteiger partial charge >= 0.3 is 0 Å². The van der Waals surface area contributed by atoms with Crippen LogP contribution < -0.4 is 0 Å². The van der Waals surface area contributed by atoms with Crippen LogP contribution in [-0.4, -0.2) is 24.7 Å². The predicted molar refractivity (Wildman–Crippen MR) is 78.7 cm³/mol. The molecule has 1 atom stereocenters. The average molecular weight is 251 g/mol. The first-order valence-corrected chi connectivity index (χ1v) is 6.24. The molecule has 1 aliphatic rings. The fourth-order valence-corrected chi connectivity index (χ4v) is 2.12. The van der Waals surface area contributed by atoms with Crippen molar-refractivity contribution in [1.29, 1.82) is 5.26 Å². The first-order chi connectivity index (χ1) is 9.11. The molecule has 1 fully saturated rings. The van der Waals surface area contributed by atoms with Gasteiger partial charge in [0.25, 0.3) is 0 Å². The standard InChI is InChI=1S/C16H17N3/c1-12(11-18-13(2)10-17)14-4-6-15(7-5-14)16-8-9-19(16)3/h4-7,11,16H,1-2,8-9H2,3H3. The predicted octanol–water partition coefficient (Wildman–Crippen LogP) is 3.18. The number of rotatable bonds is 4. The van der Waals surface area contributed by atoms with Crippen LogP contribution in [0.15, 0.2) is 48.1 Å². The zero-order valence-electron chi connectivity index (χ0n) is 11.1. The van der Waals surface area contributed by atoms with Crippen molar-refractivity contribution < 1.29 is 0 Å². The van der Waals surface area contributed by atoms with E-state index in [1.807, 2.05) is 18.2 Å². The van der Waals surface area contributed by atoms with E-state index in [-0.39, 0.29) is 5.70 Å². The van der Waals surface area contributed by atoms with Crippen molar-refractivity contribution in [3.8, 4) is 6.07 Å². The van der Waals surface area contributed by atoms with E-state index in [1.54, 1.807) is 6.21 Å². The summed E-state index contributed by atoms with van der Waals surface area (Å²) in [7, 11) is 2.14. The number of aliphatic imine (C=N–C) groups is 1. The normalized spacial score (nSPS) is 18.8. The first-order valence-electron chi connectivity index (χ1n) is 6.24. The van der Waals surface area contributed by atoms with E-state index in [1.165, 1.54) is 18.5 Å². The van der Waals surface area contributed by atoms with E-state index in [0.29, 0.717) is 6.04 Å². The van der Waals surface area contributed by atoms with Gasteiger partial charge in [-0.25, -0.2) is 4.99 Å². The van der Waals surface area contributed by atoms with Gasteiger partial charge in [-0.2, -0.15) is 5.26 Å². The Labute approximate surface area is 114 Å². The molecule has 1 aromatic rings. The topological polar surface area (TPSA) is 39.4 Å². The highest BCUT2D eigenvalue weighted by atomic mass is 15.2. The molecule has 0 amide bonds. The van der Waals surface area contributed by atoms with Gasteiger partial charge in [-0.1, -0.05) is 37.4 Å². The summed E-state index contributed by atoms with van der Waals surface area (Å²) in [5, 5.41) is 8.58. The van der Waals surface area contributed by atoms with Crippen molar-refractivity contribution in [2.24, 2.45) is 4.99 Å². The Hall–Kier alpha value is -2.18. The molecule has 1 aliphatic heterocycles. The second-order valence-electron chi connectivity index (χ2n) is 4.75. The number of hydrogen-bond acceptors (Lipinski definition) is 3. The van der Waals surface area contributed by atoms with Crippen LogP contribution in [0, 0.1) is 11.3 Å². The molecule has 2 rings (SSSR count). The van der Waals surface area contributed by atoms with Gasteiger partial charge in [0, 0.05) is 18.8 Å². The smallest absolute Gasteiger partial charge is 0.133 e. The Morgan fingerprint density at radius 2 is 2.11 bits per heavy atom. The number of hydrogen-bond donors (Lipinski definition) is 0. The Balaban J connectivity index is 2.06. The molecule has 1 heterocycles. The molecular weight excluding hydrogens is 234 g/mol. The van der Waals surface area contributed by atoms with Crippen LogP contribution in [0.4, 0.5) is 0 Å². The molecule has 0 aromatic heterocycles. The Bertz CT molecular complexity index is 561. The van der Waals surface area contributed by atoms with Crippen molar-refractivity contribution in [3.63, 3.8) is 0 Å². The lowest BCUT2D eigenvalue weighted by atomic mass is 9.94. The molecule has 0 aliphatic carbocycles. The van der Waals surface area contributed by atoms with Crippen LogP contribution in [0.5, 0.6) is 0 Å². The fourth-order valence-electron chi connectivity index (χ4n) is 2.12. The van der Waals surface area contributed by atoms with Crippen LogP contribution in [0.1, 0.15) is 23.6 Å². The lowest BCUT2D eigenvalue weighted by Crippen LogP contribution is -2.37. The van der Waals surface area contributed by atoms with Gasteiger partial charge in [0.1, 0.15) is 11.8 Å². The molecule has 0 saturated carbocycles. The molecule has 3 heteroatoms. The molecular formula is C16H17N3. The molecule has 0 spiro atoms. The van der Waals surface area contributed by atoms with E-state index in [9.17, 15) is 0 Å². The van der Waals surface area contributed by atoms with E-state index < -0.39 is 0 Å². The van der Waals surface area contributed by atoms with Crippen molar-refractivity contribution in [3.05, 3.63) is 54.2 Å². The monoisotopic (exact) mass is 251 g/mol. The average Bonchev–Trinajstić information content (AvgIpc) is 2.43. The number of likely N-dealkylation sites (tertiary alicyclic amines) is 1. The van der Waals surface area contributed by atoms with Gasteiger partial charge in [0.15, 0.2) is 0 Å². The van der Waals surface area contributed by atoms with E-state index >= 15 is 0 Å². The number of nitriles is 1. The summed E-state index contributed by atoms with van der Waals surface area (Å²) in [4.78, 5) is 6.26. The maximum atomic E-state index is 8.58. The minimum atomic E-state index is 0.189. The van der Waals surface area contributed by atoms with Gasteiger partial charge < -0.3 is 0 Å². The van der Waals surface area contributed by atoms with Gasteiger partial charge in [0.2, 0.25) is 0 Å². The molecule has 96 valence electrons. The summed E-state index contributed by atoms with van der Waals surface area (Å²) in [6.07, 6.45) is 2.80. The highest BCUT2D eigenvalue weighted by Gasteiger charge is 2.25. The molecule has 19 heavy (non-hydrogen) atoms. The summed E-state index contributed by atoms with van der Waals surface area (Å²) in [6.45, 7) is 8.61. The third-order valence-corrected chi connectivity index (χ3v) is 3.46. The second kappa shape index (κ2) is 5.64. The minimum Gasteiger partial charge on any atom is -0.299 e. The van der Waals surface area contributed by atoms with Gasteiger partial charge in [-0.3, -0.25) is 4.90 Å². The van der Waals surface area contributed by atoms with Crippen LogP contribution in [0.25, 0.3) is 5.57 Å². The maximum absolute atomic E-state index is 8.58. The summed E-state index contributed by atoms with van der Waals surface area (Å²) in [5.74, 6) is 0. The molecule has 3 nitrogen and oxygen atoms in total. The zero-order chi connectivity index (χ0) is 13.8. The van der Waals surface area contributed by atoms with Crippen molar-refractivity contribution in [2.45, 2.75) is 12.5 Å². The molecule has 0 bridgehead atoms. The van der Waals surface area contributed by atoms with Gasteiger partial charge in [-0.05, 0) is 30.2 Å². The number of allylic oxidation sites excluding steroid dienone is 2. The maximum Gasteiger partial charge on any atom is 0.133 e. The van der Waals surface area contributed by atoms with Crippen molar-refractivity contribution in [2.75, 3.05) is 13.6 Å². The Morgan fingerprint density at radius 1 is 1.42 bits per heavy atom. The fraction of sp³-hybridized carbons (Fsp3) is 0.250. The molecule has 1 saturated heterocycles. The summed E-state index contributed by atoms with van der Waals surface area (Å²) in [5.41, 5.74) is 3.32. The van der Waals surface area contributed by atoms with Crippen LogP contribution in [0.3, 0.4) is 0 Å². The van der Waals surface area contributed by atoms with E-state index in [2.05, 4.69) is 42.2 Å². The van der Waals surface area contributed by atoms with E-state index in [0.717, 1.165) is 11.1 Å². The molecule has 1 aromatic carbocycles. The van der Waals surface area contributed by atoms with E-state index in [4.69, 9.17) is 5.26 Å². The highest BCUT2D eigenvalue weighted by Crippen LogP contribution is 2.31. The number of nitrogens with zero attached hydrogens (tertiary/aromatic N) is 3. The minimum absolute atomic E-state index is 0.189. The summed E-state index contributed by atoms with van der Waals surface area (Å²) < 4.78 is 0. The van der Waals surface area contributed by atoms with Crippen LogP contribution in [-0.2, 0) is 0 Å². The van der Waals surface area contributed by atoms with Crippen LogP contribution >= 0.6 is 0 Å². The largest absolute Gasteiger partial charge is 0.299 e. The quantitative estimate of drug-likeness (QED) is 0.609. The lowest BCUT2D eigenvalue weighted by Gasteiger charge is -2.38. The van der Waals surface area contributed by atoms with Gasteiger partial charge in [-0.15, -0.1) is 0 Å².